The molecule has 0 saturated heterocycles. The number of rotatable bonds is 2. The normalized spacial score (nSPS) is 10.5. The van der Waals surface area contributed by atoms with Crippen LogP contribution in [0, 0.1) is 11.6 Å². The van der Waals surface area contributed by atoms with Gasteiger partial charge in [0.1, 0.15) is 17.2 Å². The predicted molar refractivity (Wildman–Crippen MR) is 42.7 cm³/mol. The molecule has 1 rings (SSSR count). The molecule has 0 bridgehead atoms. The highest BCUT2D eigenvalue weighted by molar-refractivity contribution is 5.91. The first kappa shape index (κ1) is 11.5. The van der Waals surface area contributed by atoms with E-state index in [1.54, 1.807) is 0 Å². The third-order valence-electron chi connectivity index (χ3n) is 1.75. The van der Waals surface area contributed by atoms with E-state index in [4.69, 9.17) is 0 Å². The van der Waals surface area contributed by atoms with Gasteiger partial charge in [0, 0.05) is 0 Å². The summed E-state index contributed by atoms with van der Waals surface area (Å²) in [6.07, 6.45) is -3.28. The van der Waals surface area contributed by atoms with Crippen LogP contribution in [0.4, 0.5) is 17.6 Å². The zero-order valence-corrected chi connectivity index (χ0v) is 7.56. The van der Waals surface area contributed by atoms with Crippen LogP contribution in [-0.2, 0) is 4.74 Å². The van der Waals surface area contributed by atoms with Gasteiger partial charge >= 0.3 is 5.97 Å². The quantitative estimate of drug-likeness (QED) is 0.568. The third kappa shape index (κ3) is 2.08. The zero-order valence-electron chi connectivity index (χ0n) is 7.56. The fraction of sp³-hybridized carbons (Fsp3) is 0.222. The number of alkyl halides is 2. The molecule has 0 unspecified atom stereocenters. The predicted octanol–water partition coefficient (Wildman–Crippen LogP) is 2.69. The minimum Gasteiger partial charge on any atom is -0.465 e. The molecule has 0 aliphatic carbocycles. The van der Waals surface area contributed by atoms with Crippen LogP contribution in [0.25, 0.3) is 0 Å². The van der Waals surface area contributed by atoms with Crippen LogP contribution in [0.2, 0.25) is 0 Å². The molecule has 0 radical (unpaired) electrons. The molecule has 0 amide bonds. The summed E-state index contributed by atoms with van der Waals surface area (Å²) >= 11 is 0. The van der Waals surface area contributed by atoms with Gasteiger partial charge in [-0.25, -0.2) is 22.4 Å². The average molecular weight is 222 g/mol. The van der Waals surface area contributed by atoms with Crippen molar-refractivity contribution in [2.75, 3.05) is 7.11 Å². The summed E-state index contributed by atoms with van der Waals surface area (Å²) in [6.45, 7) is 0. The largest absolute Gasteiger partial charge is 0.465 e. The van der Waals surface area contributed by atoms with Gasteiger partial charge in [0.15, 0.2) is 0 Å². The molecule has 0 saturated carbocycles. The number of methoxy groups -OCH3 is 1. The maximum atomic E-state index is 13.0. The number of hydrogen-bond donors (Lipinski definition) is 0. The van der Waals surface area contributed by atoms with Gasteiger partial charge in [-0.05, 0) is 12.1 Å². The van der Waals surface area contributed by atoms with E-state index in [2.05, 4.69) is 4.74 Å². The molecule has 0 aliphatic heterocycles. The summed E-state index contributed by atoms with van der Waals surface area (Å²) in [4.78, 5) is 10.9. The molecule has 1 aromatic rings. The van der Waals surface area contributed by atoms with Crippen molar-refractivity contribution in [2.45, 2.75) is 6.43 Å². The second-order valence-corrected chi connectivity index (χ2v) is 2.61. The molecule has 0 heterocycles. The fourth-order valence-corrected chi connectivity index (χ4v) is 1.09. The number of carbonyl (C=O) groups is 1. The van der Waals surface area contributed by atoms with E-state index in [0.29, 0.717) is 12.1 Å². The Bertz CT molecular complexity index is 390. The number of halogens is 4. The number of ether oxygens (including phenoxy) is 1. The summed E-state index contributed by atoms with van der Waals surface area (Å²) in [5, 5.41) is 0. The summed E-state index contributed by atoms with van der Waals surface area (Å²) in [5.41, 5.74) is -2.34. The summed E-state index contributed by atoms with van der Waals surface area (Å²) in [7, 11) is 0.891. The highest BCUT2D eigenvalue weighted by Gasteiger charge is 2.26. The van der Waals surface area contributed by atoms with Gasteiger partial charge in [0.05, 0.1) is 12.7 Å². The van der Waals surface area contributed by atoms with Gasteiger partial charge in [0.2, 0.25) is 0 Å². The standard InChI is InChI=1S/C9H6F4O2/c1-15-9(14)7-5(11)3-2-4(10)6(7)8(12)13/h2-3,8H,1H3. The van der Waals surface area contributed by atoms with Crippen LogP contribution < -0.4 is 0 Å². The Kier molecular flexibility index (Phi) is 3.28. The van der Waals surface area contributed by atoms with Crippen LogP contribution in [-0.4, -0.2) is 13.1 Å². The number of hydrogen-bond acceptors (Lipinski definition) is 2. The van der Waals surface area contributed by atoms with Crippen molar-refractivity contribution in [3.63, 3.8) is 0 Å². The molecule has 82 valence electrons. The second kappa shape index (κ2) is 4.29. The summed E-state index contributed by atoms with van der Waals surface area (Å²) in [6, 6.07) is 1.12. The number of esters is 1. The van der Waals surface area contributed by atoms with Gasteiger partial charge in [-0.1, -0.05) is 0 Å². The van der Waals surface area contributed by atoms with E-state index >= 15 is 0 Å². The van der Waals surface area contributed by atoms with Gasteiger partial charge in [-0.3, -0.25) is 0 Å². The average Bonchev–Trinajstić information content (AvgIpc) is 2.19. The zero-order chi connectivity index (χ0) is 11.6. The Morgan fingerprint density at radius 2 is 1.80 bits per heavy atom. The van der Waals surface area contributed by atoms with Crippen molar-refractivity contribution < 1.29 is 27.1 Å². The van der Waals surface area contributed by atoms with Crippen molar-refractivity contribution in [1.82, 2.24) is 0 Å². The monoisotopic (exact) mass is 222 g/mol. The first-order chi connectivity index (χ1) is 6.99. The highest BCUT2D eigenvalue weighted by Crippen LogP contribution is 2.28. The Labute approximate surface area is 82.5 Å². The van der Waals surface area contributed by atoms with Crippen LogP contribution in [0.3, 0.4) is 0 Å². The molecule has 6 heteroatoms. The van der Waals surface area contributed by atoms with Crippen molar-refractivity contribution in [3.05, 3.63) is 34.9 Å². The lowest BCUT2D eigenvalue weighted by molar-refractivity contribution is 0.0581. The van der Waals surface area contributed by atoms with Gasteiger partial charge < -0.3 is 4.74 Å². The van der Waals surface area contributed by atoms with Gasteiger partial charge in [0.25, 0.3) is 6.43 Å². The molecule has 0 aromatic heterocycles. The molecule has 0 spiro atoms. The highest BCUT2D eigenvalue weighted by atomic mass is 19.3. The van der Waals surface area contributed by atoms with Crippen LogP contribution in [0.5, 0.6) is 0 Å². The lowest BCUT2D eigenvalue weighted by atomic mass is 10.1. The van der Waals surface area contributed by atoms with Crippen molar-refractivity contribution >= 4 is 5.97 Å². The van der Waals surface area contributed by atoms with E-state index in [9.17, 15) is 22.4 Å². The van der Waals surface area contributed by atoms with Crippen LogP contribution in [0.1, 0.15) is 22.3 Å². The first-order valence-corrected chi connectivity index (χ1v) is 3.83. The number of benzene rings is 1. The van der Waals surface area contributed by atoms with Crippen LogP contribution in [0.15, 0.2) is 12.1 Å². The Balaban J connectivity index is 3.45. The molecule has 0 atom stereocenters. The smallest absolute Gasteiger partial charge is 0.341 e. The fourth-order valence-electron chi connectivity index (χ4n) is 1.09. The van der Waals surface area contributed by atoms with E-state index < -0.39 is 35.2 Å². The molecule has 0 aliphatic rings. The maximum absolute atomic E-state index is 13.0. The van der Waals surface area contributed by atoms with E-state index in [1.165, 1.54) is 0 Å². The minimum atomic E-state index is -3.28. The number of carbonyl (C=O) groups excluding carboxylic acids is 1. The Morgan fingerprint density at radius 1 is 1.27 bits per heavy atom. The van der Waals surface area contributed by atoms with Crippen molar-refractivity contribution in [3.8, 4) is 0 Å². The van der Waals surface area contributed by atoms with Crippen LogP contribution >= 0.6 is 0 Å². The van der Waals surface area contributed by atoms with E-state index in [0.717, 1.165) is 7.11 Å². The topological polar surface area (TPSA) is 26.3 Å². The second-order valence-electron chi connectivity index (χ2n) is 2.61. The maximum Gasteiger partial charge on any atom is 0.341 e. The molecule has 0 N–H and O–H groups in total. The SMILES string of the molecule is COC(=O)c1c(F)ccc(F)c1C(F)F. The Morgan fingerprint density at radius 3 is 2.27 bits per heavy atom. The molecular weight excluding hydrogens is 216 g/mol. The van der Waals surface area contributed by atoms with Gasteiger partial charge in [-0.15, -0.1) is 0 Å². The lowest BCUT2D eigenvalue weighted by Crippen LogP contribution is -2.11. The molecule has 15 heavy (non-hydrogen) atoms. The molecule has 1 aromatic carbocycles. The first-order valence-electron chi connectivity index (χ1n) is 3.83. The lowest BCUT2D eigenvalue weighted by Gasteiger charge is -2.08. The van der Waals surface area contributed by atoms with Gasteiger partial charge in [-0.2, -0.15) is 0 Å². The minimum absolute atomic E-state index is 0.531. The summed E-state index contributed by atoms with van der Waals surface area (Å²) in [5.74, 6) is -3.91. The molecular formula is C9H6F4O2. The van der Waals surface area contributed by atoms with E-state index in [-0.39, 0.29) is 0 Å². The summed E-state index contributed by atoms with van der Waals surface area (Å²) < 4.78 is 54.7. The van der Waals surface area contributed by atoms with Crippen molar-refractivity contribution in [1.29, 1.82) is 0 Å². The van der Waals surface area contributed by atoms with E-state index in [1.807, 2.05) is 0 Å². The Hall–Kier alpha value is -1.59. The molecule has 0 fully saturated rings. The molecule has 2 nitrogen and oxygen atoms in total. The third-order valence-corrected chi connectivity index (χ3v) is 1.75. The van der Waals surface area contributed by atoms with Crippen molar-refractivity contribution in [2.24, 2.45) is 0 Å².